The van der Waals surface area contributed by atoms with Gasteiger partial charge < -0.3 is 13.8 Å². The molecule has 0 bridgehead atoms. The lowest BCUT2D eigenvalue weighted by Crippen LogP contribution is -2.46. The normalized spacial score (nSPS) is 15.3. The van der Waals surface area contributed by atoms with E-state index in [4.69, 9.17) is 8.94 Å². The van der Waals surface area contributed by atoms with E-state index in [0.29, 0.717) is 42.8 Å². The Morgan fingerprint density at radius 2 is 1.92 bits per heavy atom. The maximum absolute atomic E-state index is 11.2. The van der Waals surface area contributed by atoms with Crippen molar-refractivity contribution in [3.8, 4) is 11.6 Å². The summed E-state index contributed by atoms with van der Waals surface area (Å²) < 4.78 is 10.5. The van der Waals surface area contributed by atoms with Gasteiger partial charge in [-0.15, -0.1) is 0 Å². The summed E-state index contributed by atoms with van der Waals surface area (Å²) in [4.78, 5) is 19.4. The highest BCUT2D eigenvalue weighted by Gasteiger charge is 2.24. The Morgan fingerprint density at radius 3 is 2.65 bits per heavy atom. The number of para-hydroxylation sites is 2. The summed E-state index contributed by atoms with van der Waals surface area (Å²) in [5, 5.41) is 15.1. The molecule has 9 heteroatoms. The van der Waals surface area contributed by atoms with Crippen molar-refractivity contribution in [1.82, 2.24) is 15.0 Å². The van der Waals surface area contributed by atoms with Crippen molar-refractivity contribution < 1.29 is 13.9 Å². The molecule has 2 aromatic heterocycles. The second-order valence-corrected chi connectivity index (χ2v) is 6.00. The Bertz CT molecular complexity index is 884. The van der Waals surface area contributed by atoms with E-state index >= 15 is 0 Å². The molecule has 26 heavy (non-hydrogen) atoms. The summed E-state index contributed by atoms with van der Waals surface area (Å²) in [5.74, 6) is 1.53. The molecule has 3 aromatic rings. The van der Waals surface area contributed by atoms with Gasteiger partial charge in [0.2, 0.25) is 11.7 Å². The molecule has 1 aliphatic heterocycles. The van der Waals surface area contributed by atoms with Crippen LogP contribution in [0.2, 0.25) is 0 Å². The maximum atomic E-state index is 11.2. The molecule has 1 aliphatic rings. The predicted molar refractivity (Wildman–Crippen MR) is 92.6 cm³/mol. The van der Waals surface area contributed by atoms with Gasteiger partial charge in [-0.25, -0.2) is 0 Å². The number of anilines is 1. The average molecular weight is 355 g/mol. The first-order chi connectivity index (χ1) is 12.7. The number of rotatable bonds is 5. The molecule has 0 spiro atoms. The van der Waals surface area contributed by atoms with Crippen molar-refractivity contribution in [2.24, 2.45) is 0 Å². The average Bonchev–Trinajstić information content (AvgIpc) is 3.34. The molecular formula is C17H17N5O4. The van der Waals surface area contributed by atoms with E-state index in [-0.39, 0.29) is 10.6 Å². The molecular weight excluding hydrogens is 338 g/mol. The minimum atomic E-state index is -0.337. The molecule has 0 unspecified atom stereocenters. The molecule has 1 saturated heterocycles. The van der Waals surface area contributed by atoms with Gasteiger partial charge in [-0.1, -0.05) is 17.3 Å². The largest absolute Gasteiger partial charge is 0.461 e. The molecule has 0 saturated carbocycles. The summed E-state index contributed by atoms with van der Waals surface area (Å²) in [5.41, 5.74) is 0.802. The van der Waals surface area contributed by atoms with Gasteiger partial charge in [0.15, 0.2) is 5.76 Å². The molecule has 9 nitrogen and oxygen atoms in total. The predicted octanol–water partition coefficient (Wildman–Crippen LogP) is 2.56. The number of hydrogen-bond donors (Lipinski definition) is 0. The van der Waals surface area contributed by atoms with Crippen molar-refractivity contribution in [3.05, 3.63) is 58.7 Å². The number of nitro benzene ring substituents is 1. The van der Waals surface area contributed by atoms with E-state index in [1.54, 1.807) is 30.5 Å². The van der Waals surface area contributed by atoms with Gasteiger partial charge in [0.25, 0.3) is 5.69 Å². The van der Waals surface area contributed by atoms with Crippen molar-refractivity contribution in [3.63, 3.8) is 0 Å². The van der Waals surface area contributed by atoms with Crippen LogP contribution in [0.5, 0.6) is 0 Å². The van der Waals surface area contributed by atoms with Crippen LogP contribution in [0.3, 0.4) is 0 Å². The van der Waals surface area contributed by atoms with Crippen LogP contribution in [0.1, 0.15) is 5.89 Å². The monoisotopic (exact) mass is 355 g/mol. The number of nitrogens with zero attached hydrogens (tertiary/aromatic N) is 5. The van der Waals surface area contributed by atoms with Crippen LogP contribution >= 0.6 is 0 Å². The third-order valence-corrected chi connectivity index (χ3v) is 4.36. The van der Waals surface area contributed by atoms with Crippen molar-refractivity contribution >= 4 is 11.4 Å². The van der Waals surface area contributed by atoms with E-state index in [0.717, 1.165) is 13.1 Å². The number of piperazine rings is 1. The van der Waals surface area contributed by atoms with Crippen LogP contribution in [0.15, 0.2) is 51.6 Å². The van der Waals surface area contributed by atoms with E-state index < -0.39 is 0 Å². The topological polar surface area (TPSA) is 102 Å². The van der Waals surface area contributed by atoms with Crippen LogP contribution < -0.4 is 4.90 Å². The highest BCUT2D eigenvalue weighted by Crippen LogP contribution is 2.28. The van der Waals surface area contributed by atoms with E-state index in [1.807, 2.05) is 11.0 Å². The van der Waals surface area contributed by atoms with Gasteiger partial charge >= 0.3 is 0 Å². The number of aromatic nitrogens is 2. The number of hydrogen-bond acceptors (Lipinski definition) is 8. The fourth-order valence-corrected chi connectivity index (χ4v) is 3.05. The SMILES string of the molecule is O=[N+]([O-])c1ccccc1N1CCN(Cc2nc(-c3ccco3)no2)CC1. The van der Waals surface area contributed by atoms with Gasteiger partial charge in [0.1, 0.15) is 5.69 Å². The minimum absolute atomic E-state index is 0.140. The maximum Gasteiger partial charge on any atom is 0.292 e. The minimum Gasteiger partial charge on any atom is -0.461 e. The van der Waals surface area contributed by atoms with Crippen LogP contribution in [-0.2, 0) is 6.54 Å². The fraction of sp³-hybridized carbons (Fsp3) is 0.294. The molecule has 0 aliphatic carbocycles. The summed E-state index contributed by atoms with van der Waals surface area (Å²) in [6.07, 6.45) is 1.56. The molecule has 1 aromatic carbocycles. The highest BCUT2D eigenvalue weighted by atomic mass is 16.6. The Balaban J connectivity index is 1.38. The van der Waals surface area contributed by atoms with E-state index in [2.05, 4.69) is 15.0 Å². The van der Waals surface area contributed by atoms with Gasteiger partial charge in [0.05, 0.1) is 17.7 Å². The van der Waals surface area contributed by atoms with E-state index in [9.17, 15) is 10.1 Å². The van der Waals surface area contributed by atoms with Crippen LogP contribution in [0.25, 0.3) is 11.6 Å². The smallest absolute Gasteiger partial charge is 0.292 e. The number of furan rings is 1. The third-order valence-electron chi connectivity index (χ3n) is 4.36. The second-order valence-electron chi connectivity index (χ2n) is 6.00. The zero-order valence-corrected chi connectivity index (χ0v) is 13.9. The van der Waals surface area contributed by atoms with Crippen molar-refractivity contribution in [2.75, 3.05) is 31.1 Å². The molecule has 0 amide bonds. The van der Waals surface area contributed by atoms with Crippen LogP contribution in [0, 0.1) is 10.1 Å². The van der Waals surface area contributed by atoms with Crippen LogP contribution in [-0.4, -0.2) is 46.1 Å². The highest BCUT2D eigenvalue weighted by molar-refractivity contribution is 5.63. The Morgan fingerprint density at radius 1 is 1.12 bits per heavy atom. The Labute approximate surface area is 149 Å². The molecule has 4 rings (SSSR count). The quantitative estimate of drug-likeness (QED) is 0.508. The third kappa shape index (κ3) is 3.29. The first-order valence-corrected chi connectivity index (χ1v) is 8.28. The Kier molecular flexibility index (Phi) is 4.36. The first-order valence-electron chi connectivity index (χ1n) is 8.28. The molecule has 0 radical (unpaired) electrons. The van der Waals surface area contributed by atoms with Crippen molar-refractivity contribution in [2.45, 2.75) is 6.54 Å². The van der Waals surface area contributed by atoms with E-state index in [1.165, 1.54) is 6.07 Å². The summed E-state index contributed by atoms with van der Waals surface area (Å²) in [7, 11) is 0. The lowest BCUT2D eigenvalue weighted by molar-refractivity contribution is -0.384. The molecule has 3 heterocycles. The number of benzene rings is 1. The van der Waals surface area contributed by atoms with Gasteiger partial charge in [-0.2, -0.15) is 4.98 Å². The van der Waals surface area contributed by atoms with Gasteiger partial charge in [-0.05, 0) is 18.2 Å². The van der Waals surface area contributed by atoms with Gasteiger partial charge in [0, 0.05) is 32.2 Å². The molecule has 134 valence electrons. The molecule has 1 fully saturated rings. The van der Waals surface area contributed by atoms with Gasteiger partial charge in [-0.3, -0.25) is 15.0 Å². The van der Waals surface area contributed by atoms with Crippen LogP contribution in [0.4, 0.5) is 11.4 Å². The number of nitro groups is 1. The summed E-state index contributed by atoms with van der Waals surface area (Å²) in [6.45, 7) is 3.45. The lowest BCUT2D eigenvalue weighted by atomic mass is 10.2. The Hall–Kier alpha value is -3.20. The summed E-state index contributed by atoms with van der Waals surface area (Å²) in [6, 6.07) is 10.4. The first kappa shape index (κ1) is 16.3. The fourth-order valence-electron chi connectivity index (χ4n) is 3.05. The zero-order valence-electron chi connectivity index (χ0n) is 13.9. The lowest BCUT2D eigenvalue weighted by Gasteiger charge is -2.35. The standard InChI is InChI=1S/C17H17N5O4/c23-22(24)14-5-2-1-4-13(14)21-9-7-20(8-10-21)12-16-18-17(19-26-16)15-6-3-11-25-15/h1-6,11H,7-10,12H2. The molecule has 0 atom stereocenters. The molecule has 0 N–H and O–H groups in total. The zero-order chi connectivity index (χ0) is 17.9. The summed E-state index contributed by atoms with van der Waals surface area (Å²) >= 11 is 0. The van der Waals surface area contributed by atoms with Crippen molar-refractivity contribution in [1.29, 1.82) is 0 Å². The second kappa shape index (κ2) is 6.96.